The maximum Gasteiger partial charge on any atom is 0.472 e. The number of aliphatic hydroxyl groups is 2. The third-order valence-electron chi connectivity index (χ3n) is 9.03. The summed E-state index contributed by atoms with van der Waals surface area (Å²) in [5, 5.41) is 18.3. The Balaban J connectivity index is 4.10. The van der Waals surface area contributed by atoms with Crippen molar-refractivity contribution in [3.8, 4) is 0 Å². The number of carbonyl (C=O) groups excluding carboxylic acids is 1. The molecule has 0 aromatic carbocycles. The fraction of sp³-hybridized carbons (Fsp3) is 0.795. The van der Waals surface area contributed by atoms with Crippen LogP contribution in [-0.2, 0) is 27.9 Å². The second kappa shape index (κ2) is 41.1. The quantitative estimate of drug-likeness (QED) is 0.0240. The number of carbonyl (C=O) groups is 1. The van der Waals surface area contributed by atoms with E-state index in [0.717, 1.165) is 70.6 Å². The average Bonchev–Trinajstić information content (AvgIpc) is 3.16. The Morgan fingerprint density at radius 1 is 0.593 bits per heavy atom. The Kier molecular flexibility index (Phi) is 39.9. The first-order valence-corrected chi connectivity index (χ1v) is 23.1. The van der Waals surface area contributed by atoms with Crippen LogP contribution in [0.5, 0.6) is 0 Å². The Hall–Kier alpha value is -1.58. The number of allylic oxidation sites excluding steroid dienone is 8. The summed E-state index contributed by atoms with van der Waals surface area (Å²) in [4.78, 5) is 22.5. The number of esters is 1. The standard InChI is InChI=1S/C44H81O9P/c1-3-5-7-9-11-13-15-16-17-18-19-20-21-22-23-24-25-27-29-31-33-35-37-50-40-43(41-52-54(48,49)51-39-42(46)38-45)53-44(47)36-34-32-30-28-26-14-12-10-8-6-4-2/h5,7,11,13,16-17,19-20,42-43,45-46H,3-4,6,8-10,12,14-15,18,21-41H2,1-2H3,(H,48,49)/b7-5-,13-11-,17-16-,20-19-. The molecule has 3 unspecified atom stereocenters. The number of aliphatic hydroxyl groups excluding tert-OH is 2. The molecule has 0 amide bonds. The highest BCUT2D eigenvalue weighted by Gasteiger charge is 2.26. The summed E-state index contributed by atoms with van der Waals surface area (Å²) in [6.07, 6.45) is 45.0. The van der Waals surface area contributed by atoms with E-state index in [1.165, 1.54) is 89.9 Å². The van der Waals surface area contributed by atoms with Crippen molar-refractivity contribution in [1.29, 1.82) is 0 Å². The molecule has 3 N–H and O–H groups in total. The smallest absolute Gasteiger partial charge is 0.457 e. The van der Waals surface area contributed by atoms with Crippen molar-refractivity contribution in [3.05, 3.63) is 48.6 Å². The topological polar surface area (TPSA) is 132 Å². The molecule has 54 heavy (non-hydrogen) atoms. The van der Waals surface area contributed by atoms with Gasteiger partial charge in [-0.3, -0.25) is 13.8 Å². The lowest BCUT2D eigenvalue weighted by molar-refractivity contribution is -0.154. The Bertz CT molecular complexity index is 981. The third kappa shape index (κ3) is 40.1. The van der Waals surface area contributed by atoms with E-state index in [-0.39, 0.29) is 25.6 Å². The lowest BCUT2D eigenvalue weighted by atomic mass is 10.1. The highest BCUT2D eigenvalue weighted by atomic mass is 31.2. The van der Waals surface area contributed by atoms with Crippen molar-refractivity contribution < 1.29 is 43.0 Å². The van der Waals surface area contributed by atoms with Crippen molar-refractivity contribution >= 4 is 13.8 Å². The van der Waals surface area contributed by atoms with Gasteiger partial charge in [0, 0.05) is 13.0 Å². The largest absolute Gasteiger partial charge is 0.472 e. The fourth-order valence-corrected chi connectivity index (χ4v) is 6.55. The minimum Gasteiger partial charge on any atom is -0.457 e. The van der Waals surface area contributed by atoms with Gasteiger partial charge in [0.15, 0.2) is 0 Å². The van der Waals surface area contributed by atoms with Crippen LogP contribution in [0.25, 0.3) is 0 Å². The monoisotopic (exact) mass is 785 g/mol. The van der Waals surface area contributed by atoms with E-state index in [0.29, 0.717) is 6.61 Å². The molecule has 0 aliphatic rings. The zero-order valence-electron chi connectivity index (χ0n) is 34.4. The molecule has 0 rings (SSSR count). The van der Waals surface area contributed by atoms with Gasteiger partial charge in [-0.05, 0) is 51.4 Å². The Morgan fingerprint density at radius 2 is 1.06 bits per heavy atom. The van der Waals surface area contributed by atoms with E-state index in [1.807, 2.05) is 0 Å². The number of rotatable bonds is 41. The first kappa shape index (κ1) is 52.4. The summed E-state index contributed by atoms with van der Waals surface area (Å²) in [6, 6.07) is 0. The van der Waals surface area contributed by atoms with E-state index in [4.69, 9.17) is 23.6 Å². The number of hydrogen-bond acceptors (Lipinski definition) is 8. The minimum absolute atomic E-state index is 0.0458. The van der Waals surface area contributed by atoms with Crippen molar-refractivity contribution in [3.63, 3.8) is 0 Å². The van der Waals surface area contributed by atoms with Crippen LogP contribution in [0.15, 0.2) is 48.6 Å². The van der Waals surface area contributed by atoms with Gasteiger partial charge in [-0.15, -0.1) is 0 Å². The van der Waals surface area contributed by atoms with Gasteiger partial charge in [0.1, 0.15) is 12.2 Å². The molecule has 0 saturated carbocycles. The molecule has 0 bridgehead atoms. The van der Waals surface area contributed by atoms with Crippen LogP contribution in [0.1, 0.15) is 181 Å². The van der Waals surface area contributed by atoms with Crippen LogP contribution < -0.4 is 0 Å². The SMILES string of the molecule is CC/C=C\C/C=C\C/C=C\C/C=C\CCCCCCCCCCCOCC(COP(=O)(O)OCC(O)CO)OC(=O)CCCCCCCCCCCCC. The van der Waals surface area contributed by atoms with Gasteiger partial charge < -0.3 is 24.6 Å². The molecule has 0 fully saturated rings. The highest BCUT2D eigenvalue weighted by molar-refractivity contribution is 7.47. The number of ether oxygens (including phenoxy) is 2. The molecule has 0 aromatic rings. The second-order valence-electron chi connectivity index (χ2n) is 14.3. The molecule has 10 heteroatoms. The van der Waals surface area contributed by atoms with Gasteiger partial charge in [-0.25, -0.2) is 4.57 Å². The molecule has 0 saturated heterocycles. The van der Waals surface area contributed by atoms with Crippen LogP contribution in [0.4, 0.5) is 0 Å². The number of unbranched alkanes of at least 4 members (excludes halogenated alkanes) is 19. The van der Waals surface area contributed by atoms with Gasteiger partial charge in [0.05, 0.1) is 26.4 Å². The van der Waals surface area contributed by atoms with E-state index in [9.17, 15) is 19.4 Å². The third-order valence-corrected chi connectivity index (χ3v) is 9.98. The molecule has 0 aliphatic heterocycles. The predicted molar refractivity (Wildman–Crippen MR) is 223 cm³/mol. The molecule has 0 radical (unpaired) electrons. The van der Waals surface area contributed by atoms with Gasteiger partial charge in [0.2, 0.25) is 0 Å². The Morgan fingerprint density at radius 3 is 1.59 bits per heavy atom. The van der Waals surface area contributed by atoms with Crippen molar-refractivity contribution in [2.45, 2.75) is 193 Å². The maximum absolute atomic E-state index is 12.6. The number of hydrogen-bond donors (Lipinski definition) is 3. The molecule has 9 nitrogen and oxygen atoms in total. The average molecular weight is 785 g/mol. The summed E-state index contributed by atoms with van der Waals surface area (Å²) in [5.41, 5.74) is 0. The summed E-state index contributed by atoms with van der Waals surface area (Å²) < 4.78 is 33.3. The molecule has 0 heterocycles. The van der Waals surface area contributed by atoms with E-state index in [2.05, 4.69) is 62.5 Å². The van der Waals surface area contributed by atoms with E-state index < -0.39 is 33.2 Å². The summed E-state index contributed by atoms with van der Waals surface area (Å²) in [6.45, 7) is 3.39. The minimum atomic E-state index is -4.51. The van der Waals surface area contributed by atoms with Gasteiger partial charge >= 0.3 is 13.8 Å². The van der Waals surface area contributed by atoms with Crippen LogP contribution in [-0.4, -0.2) is 66.3 Å². The molecule has 3 atom stereocenters. The normalized spacial score (nSPS) is 14.5. The molecular weight excluding hydrogens is 703 g/mol. The second-order valence-corrected chi connectivity index (χ2v) is 15.8. The summed E-state index contributed by atoms with van der Waals surface area (Å²) in [7, 11) is -4.51. The van der Waals surface area contributed by atoms with Gasteiger partial charge in [-0.2, -0.15) is 0 Å². The predicted octanol–water partition coefficient (Wildman–Crippen LogP) is 11.8. The first-order chi connectivity index (χ1) is 26.3. The maximum atomic E-state index is 12.6. The van der Waals surface area contributed by atoms with E-state index in [1.54, 1.807) is 0 Å². The lowest BCUT2D eigenvalue weighted by Gasteiger charge is -2.20. The number of phosphoric acid groups is 1. The molecular formula is C44H81O9P. The molecule has 0 spiro atoms. The van der Waals surface area contributed by atoms with Crippen LogP contribution in [0.2, 0.25) is 0 Å². The van der Waals surface area contributed by atoms with Crippen molar-refractivity contribution in [2.24, 2.45) is 0 Å². The van der Waals surface area contributed by atoms with Crippen LogP contribution in [0, 0.1) is 0 Å². The first-order valence-electron chi connectivity index (χ1n) is 21.6. The number of phosphoric ester groups is 1. The molecule has 0 aromatic heterocycles. The van der Waals surface area contributed by atoms with Crippen LogP contribution in [0.3, 0.4) is 0 Å². The van der Waals surface area contributed by atoms with Crippen molar-refractivity contribution in [1.82, 2.24) is 0 Å². The zero-order valence-corrected chi connectivity index (χ0v) is 35.3. The fourth-order valence-electron chi connectivity index (χ4n) is 5.76. The van der Waals surface area contributed by atoms with E-state index >= 15 is 0 Å². The van der Waals surface area contributed by atoms with Crippen molar-refractivity contribution in [2.75, 3.05) is 33.0 Å². The van der Waals surface area contributed by atoms with Gasteiger partial charge in [-0.1, -0.05) is 172 Å². The molecule has 0 aliphatic carbocycles. The summed E-state index contributed by atoms with van der Waals surface area (Å²) >= 11 is 0. The highest BCUT2D eigenvalue weighted by Crippen LogP contribution is 2.43. The Labute approximate surface area is 330 Å². The van der Waals surface area contributed by atoms with Crippen LogP contribution >= 0.6 is 7.82 Å². The lowest BCUT2D eigenvalue weighted by Crippen LogP contribution is -2.29. The molecule has 316 valence electrons. The van der Waals surface area contributed by atoms with Gasteiger partial charge in [0.25, 0.3) is 0 Å². The zero-order chi connectivity index (χ0) is 39.6. The summed E-state index contributed by atoms with van der Waals surface area (Å²) in [5.74, 6) is -0.387.